The second-order valence-corrected chi connectivity index (χ2v) is 5.96. The van der Waals surface area contributed by atoms with Crippen molar-refractivity contribution in [1.29, 1.82) is 0 Å². The molecule has 0 saturated heterocycles. The first-order valence-corrected chi connectivity index (χ1v) is 7.93. The number of imidazole rings is 1. The predicted octanol–water partition coefficient (Wildman–Crippen LogP) is 4.76. The number of pyridine rings is 2. The van der Waals surface area contributed by atoms with Gasteiger partial charge in [0.25, 0.3) is 0 Å². The van der Waals surface area contributed by atoms with Gasteiger partial charge in [0.2, 0.25) is 0 Å². The molecule has 4 rings (SSSR count). The number of fused-ring (bicyclic) bond motifs is 1. The molecule has 0 unspecified atom stereocenters. The number of nitrogens with zero attached hydrogens (tertiary/aromatic N) is 3. The third-order valence-corrected chi connectivity index (χ3v) is 4.12. The standard InChI is InChI=1S/C20H18N4/c1-14-7-8-19(22-12-14)23-18-11-16(13-24-10-9-21-20(18)24)17-6-4-3-5-15(17)2/h3-13H,1-2H3,(H,22,23). The minimum atomic E-state index is 0.812. The number of aryl methyl sites for hydroxylation is 2. The quantitative estimate of drug-likeness (QED) is 0.593. The molecule has 4 aromatic rings. The van der Waals surface area contributed by atoms with Gasteiger partial charge in [-0.05, 0) is 42.7 Å². The van der Waals surface area contributed by atoms with E-state index >= 15 is 0 Å². The van der Waals surface area contributed by atoms with E-state index in [1.807, 2.05) is 42.0 Å². The Bertz CT molecular complexity index is 1000. The van der Waals surface area contributed by atoms with Crippen LogP contribution < -0.4 is 5.32 Å². The van der Waals surface area contributed by atoms with Crippen LogP contribution in [0.3, 0.4) is 0 Å². The van der Waals surface area contributed by atoms with E-state index in [-0.39, 0.29) is 0 Å². The van der Waals surface area contributed by atoms with E-state index < -0.39 is 0 Å². The van der Waals surface area contributed by atoms with Crippen LogP contribution in [0.1, 0.15) is 11.1 Å². The molecular formula is C20H18N4. The van der Waals surface area contributed by atoms with E-state index in [4.69, 9.17) is 0 Å². The zero-order valence-electron chi connectivity index (χ0n) is 13.7. The lowest BCUT2D eigenvalue weighted by Crippen LogP contribution is -1.98. The predicted molar refractivity (Wildman–Crippen MR) is 97.6 cm³/mol. The van der Waals surface area contributed by atoms with Crippen LogP contribution in [-0.4, -0.2) is 14.4 Å². The van der Waals surface area contributed by atoms with E-state index in [1.165, 1.54) is 11.1 Å². The number of rotatable bonds is 3. The summed E-state index contributed by atoms with van der Waals surface area (Å²) >= 11 is 0. The first kappa shape index (κ1) is 14.5. The third kappa shape index (κ3) is 2.63. The van der Waals surface area contributed by atoms with Crippen molar-refractivity contribution >= 4 is 17.2 Å². The summed E-state index contributed by atoms with van der Waals surface area (Å²) in [5.41, 5.74) is 6.57. The lowest BCUT2D eigenvalue weighted by Gasteiger charge is -2.12. The summed E-state index contributed by atoms with van der Waals surface area (Å²) < 4.78 is 2.04. The fraction of sp³-hybridized carbons (Fsp3) is 0.100. The molecule has 118 valence electrons. The van der Waals surface area contributed by atoms with Gasteiger partial charge in [-0.1, -0.05) is 30.3 Å². The van der Waals surface area contributed by atoms with Gasteiger partial charge in [-0.25, -0.2) is 9.97 Å². The second kappa shape index (κ2) is 5.81. The maximum atomic E-state index is 4.46. The largest absolute Gasteiger partial charge is 0.337 e. The van der Waals surface area contributed by atoms with Crippen LogP contribution in [0, 0.1) is 13.8 Å². The van der Waals surface area contributed by atoms with Crippen LogP contribution in [-0.2, 0) is 0 Å². The Morgan fingerprint density at radius 3 is 2.67 bits per heavy atom. The average molecular weight is 314 g/mol. The van der Waals surface area contributed by atoms with Gasteiger partial charge in [0.05, 0.1) is 5.69 Å². The number of hydrogen-bond acceptors (Lipinski definition) is 3. The van der Waals surface area contributed by atoms with Gasteiger partial charge < -0.3 is 9.72 Å². The average Bonchev–Trinajstić information content (AvgIpc) is 3.06. The number of benzene rings is 1. The highest BCUT2D eigenvalue weighted by molar-refractivity contribution is 5.80. The van der Waals surface area contributed by atoms with E-state index in [9.17, 15) is 0 Å². The Kier molecular flexibility index (Phi) is 3.50. The first-order chi connectivity index (χ1) is 11.7. The minimum absolute atomic E-state index is 0.812. The van der Waals surface area contributed by atoms with Gasteiger partial charge in [-0.15, -0.1) is 0 Å². The van der Waals surface area contributed by atoms with Crippen LogP contribution in [0.2, 0.25) is 0 Å². The van der Waals surface area contributed by atoms with Gasteiger partial charge >= 0.3 is 0 Å². The fourth-order valence-electron chi connectivity index (χ4n) is 2.85. The summed E-state index contributed by atoms with van der Waals surface area (Å²) in [7, 11) is 0. The second-order valence-electron chi connectivity index (χ2n) is 5.96. The summed E-state index contributed by atoms with van der Waals surface area (Å²) in [6.45, 7) is 4.16. The molecule has 0 radical (unpaired) electrons. The molecule has 0 aliphatic heterocycles. The molecule has 0 spiro atoms. The highest BCUT2D eigenvalue weighted by Crippen LogP contribution is 2.29. The highest BCUT2D eigenvalue weighted by Gasteiger charge is 2.09. The summed E-state index contributed by atoms with van der Waals surface area (Å²) in [6, 6.07) is 14.5. The molecule has 4 heteroatoms. The zero-order valence-corrected chi connectivity index (χ0v) is 13.7. The Hall–Kier alpha value is -3.14. The monoisotopic (exact) mass is 314 g/mol. The molecule has 3 aromatic heterocycles. The summed E-state index contributed by atoms with van der Waals surface area (Å²) in [4.78, 5) is 8.90. The van der Waals surface area contributed by atoms with Crippen molar-refractivity contribution < 1.29 is 0 Å². The Labute approximate surface area is 140 Å². The fourth-order valence-corrected chi connectivity index (χ4v) is 2.85. The summed E-state index contributed by atoms with van der Waals surface area (Å²) in [5, 5.41) is 3.40. The third-order valence-electron chi connectivity index (χ3n) is 4.12. The summed E-state index contributed by atoms with van der Waals surface area (Å²) in [6.07, 6.45) is 7.74. The molecule has 0 fully saturated rings. The van der Waals surface area contributed by atoms with E-state index in [1.54, 1.807) is 0 Å². The van der Waals surface area contributed by atoms with Crippen molar-refractivity contribution in [3.05, 3.63) is 78.4 Å². The summed E-state index contributed by atoms with van der Waals surface area (Å²) in [5.74, 6) is 0.812. The van der Waals surface area contributed by atoms with Crippen LogP contribution in [0.4, 0.5) is 11.5 Å². The van der Waals surface area contributed by atoms with Crippen molar-refractivity contribution in [1.82, 2.24) is 14.4 Å². The Morgan fingerprint density at radius 2 is 1.88 bits per heavy atom. The van der Waals surface area contributed by atoms with Crippen molar-refractivity contribution in [2.24, 2.45) is 0 Å². The van der Waals surface area contributed by atoms with Crippen LogP contribution in [0.5, 0.6) is 0 Å². The number of hydrogen-bond donors (Lipinski definition) is 1. The smallest absolute Gasteiger partial charge is 0.160 e. The molecule has 1 aromatic carbocycles. The molecule has 24 heavy (non-hydrogen) atoms. The zero-order chi connectivity index (χ0) is 16.5. The molecule has 0 bridgehead atoms. The maximum Gasteiger partial charge on any atom is 0.160 e. The lowest BCUT2D eigenvalue weighted by molar-refractivity contribution is 1.18. The van der Waals surface area contributed by atoms with E-state index in [0.717, 1.165) is 28.3 Å². The van der Waals surface area contributed by atoms with Crippen LogP contribution in [0.15, 0.2) is 67.3 Å². The highest BCUT2D eigenvalue weighted by atomic mass is 15.1. The van der Waals surface area contributed by atoms with Crippen molar-refractivity contribution in [2.75, 3.05) is 5.32 Å². The number of nitrogens with one attached hydrogen (secondary N) is 1. The van der Waals surface area contributed by atoms with Crippen LogP contribution in [0.25, 0.3) is 16.8 Å². The Morgan fingerprint density at radius 1 is 1.00 bits per heavy atom. The SMILES string of the molecule is Cc1ccc(Nc2cc(-c3ccccc3C)cn3ccnc23)nc1. The van der Waals surface area contributed by atoms with Gasteiger partial charge in [0, 0.05) is 30.4 Å². The van der Waals surface area contributed by atoms with Crippen molar-refractivity contribution in [3.63, 3.8) is 0 Å². The number of anilines is 2. The molecule has 0 saturated carbocycles. The molecule has 4 nitrogen and oxygen atoms in total. The maximum absolute atomic E-state index is 4.46. The topological polar surface area (TPSA) is 42.2 Å². The molecule has 3 heterocycles. The van der Waals surface area contributed by atoms with Crippen LogP contribution >= 0.6 is 0 Å². The molecule has 0 amide bonds. The van der Waals surface area contributed by atoms with Crippen molar-refractivity contribution in [3.8, 4) is 11.1 Å². The number of aromatic nitrogens is 3. The Balaban J connectivity index is 1.83. The van der Waals surface area contributed by atoms with Gasteiger partial charge in [-0.3, -0.25) is 0 Å². The van der Waals surface area contributed by atoms with E-state index in [0.29, 0.717) is 0 Å². The molecule has 0 aliphatic rings. The minimum Gasteiger partial charge on any atom is -0.337 e. The van der Waals surface area contributed by atoms with Gasteiger partial charge in [0.15, 0.2) is 5.65 Å². The molecule has 1 N–H and O–H groups in total. The lowest BCUT2D eigenvalue weighted by atomic mass is 10.0. The van der Waals surface area contributed by atoms with Gasteiger partial charge in [-0.2, -0.15) is 0 Å². The molecular weight excluding hydrogens is 296 g/mol. The first-order valence-electron chi connectivity index (χ1n) is 7.93. The van der Waals surface area contributed by atoms with E-state index in [2.05, 4.69) is 58.7 Å². The normalized spacial score (nSPS) is 10.9. The van der Waals surface area contributed by atoms with Gasteiger partial charge in [0.1, 0.15) is 5.82 Å². The molecule has 0 aliphatic carbocycles. The van der Waals surface area contributed by atoms with Crippen molar-refractivity contribution in [2.45, 2.75) is 13.8 Å². The molecule has 0 atom stereocenters.